The van der Waals surface area contributed by atoms with Crippen LogP contribution in [0.25, 0.3) is 0 Å². The summed E-state index contributed by atoms with van der Waals surface area (Å²) in [5.41, 5.74) is 5.60. The Morgan fingerprint density at radius 2 is 2.26 bits per heavy atom. The van der Waals surface area contributed by atoms with Crippen molar-refractivity contribution < 1.29 is 13.5 Å². The molecule has 1 aromatic carbocycles. The number of guanidine groups is 1. The van der Waals surface area contributed by atoms with Crippen LogP contribution in [-0.4, -0.2) is 25.7 Å². The van der Waals surface area contributed by atoms with E-state index in [4.69, 9.17) is 10.5 Å². The second-order valence-corrected chi connectivity index (χ2v) is 4.20. The first-order valence-corrected chi connectivity index (χ1v) is 5.75. The summed E-state index contributed by atoms with van der Waals surface area (Å²) in [7, 11) is 0. The van der Waals surface area contributed by atoms with Crippen LogP contribution in [0.1, 0.15) is 6.42 Å². The van der Waals surface area contributed by atoms with E-state index in [2.05, 4.69) is 10.3 Å². The minimum absolute atomic E-state index is 0. The van der Waals surface area contributed by atoms with Gasteiger partial charge in [-0.05, 0) is 18.6 Å². The number of rotatable bonds is 3. The molecule has 1 fully saturated rings. The van der Waals surface area contributed by atoms with Gasteiger partial charge in [0.15, 0.2) is 5.96 Å². The average molecular weight is 383 g/mol. The minimum atomic E-state index is -0.571. The van der Waals surface area contributed by atoms with Crippen LogP contribution in [0.2, 0.25) is 0 Å². The Labute approximate surface area is 127 Å². The Balaban J connectivity index is 0.00000180. The van der Waals surface area contributed by atoms with Crippen molar-refractivity contribution in [3.63, 3.8) is 0 Å². The number of benzene rings is 1. The summed E-state index contributed by atoms with van der Waals surface area (Å²) >= 11 is 0. The van der Waals surface area contributed by atoms with Crippen LogP contribution in [0.5, 0.6) is 0 Å². The normalized spacial score (nSPS) is 19.1. The third-order valence-electron chi connectivity index (χ3n) is 2.73. The van der Waals surface area contributed by atoms with Crippen molar-refractivity contribution in [2.24, 2.45) is 16.6 Å². The zero-order valence-electron chi connectivity index (χ0n) is 10.2. The van der Waals surface area contributed by atoms with E-state index >= 15 is 0 Å². The fraction of sp³-hybridized carbons (Fsp3) is 0.417. The molecule has 0 saturated carbocycles. The van der Waals surface area contributed by atoms with Gasteiger partial charge in [-0.25, -0.2) is 8.78 Å². The molecule has 1 unspecified atom stereocenters. The van der Waals surface area contributed by atoms with Crippen LogP contribution in [0, 0.1) is 17.6 Å². The predicted octanol–water partition coefficient (Wildman–Crippen LogP) is 2.35. The lowest BCUT2D eigenvalue weighted by molar-refractivity contribution is 0.187. The largest absolute Gasteiger partial charge is 0.381 e. The van der Waals surface area contributed by atoms with Crippen LogP contribution in [0.4, 0.5) is 14.5 Å². The van der Waals surface area contributed by atoms with E-state index in [1.807, 2.05) is 0 Å². The Hall–Kier alpha value is -0.960. The molecule has 1 aliphatic rings. The number of halogens is 3. The molecular formula is C12H16F2IN3O. The number of nitrogens with zero attached hydrogens (tertiary/aromatic N) is 1. The summed E-state index contributed by atoms with van der Waals surface area (Å²) in [6.45, 7) is 1.94. The smallest absolute Gasteiger partial charge is 0.193 e. The summed E-state index contributed by atoms with van der Waals surface area (Å²) < 4.78 is 31.4. The van der Waals surface area contributed by atoms with Crippen LogP contribution in [0.15, 0.2) is 23.2 Å². The lowest BCUT2D eigenvalue weighted by atomic mass is 10.1. The highest BCUT2D eigenvalue weighted by Crippen LogP contribution is 2.15. The highest BCUT2D eigenvalue weighted by atomic mass is 127. The molecular weight excluding hydrogens is 367 g/mol. The van der Waals surface area contributed by atoms with Crippen molar-refractivity contribution >= 4 is 35.6 Å². The van der Waals surface area contributed by atoms with Gasteiger partial charge in [0.2, 0.25) is 0 Å². The van der Waals surface area contributed by atoms with Gasteiger partial charge in [0, 0.05) is 25.1 Å². The first-order valence-electron chi connectivity index (χ1n) is 5.75. The standard InChI is InChI=1S/C12H15F2N3O.HI/c13-9-1-2-10(14)11(5-9)17-12(15)16-6-8-3-4-18-7-8;/h1-2,5,8H,3-4,6-7H2,(H3,15,16,17);1H. The van der Waals surface area contributed by atoms with Crippen molar-refractivity contribution in [1.29, 1.82) is 0 Å². The number of ether oxygens (including phenoxy) is 1. The summed E-state index contributed by atoms with van der Waals surface area (Å²) in [6, 6.07) is 3.12. The molecule has 0 amide bonds. The van der Waals surface area contributed by atoms with Crippen LogP contribution in [0.3, 0.4) is 0 Å². The lowest BCUT2D eigenvalue weighted by Crippen LogP contribution is -2.24. The van der Waals surface area contributed by atoms with Gasteiger partial charge in [0.25, 0.3) is 0 Å². The molecule has 19 heavy (non-hydrogen) atoms. The van der Waals surface area contributed by atoms with E-state index in [0.29, 0.717) is 19.1 Å². The fourth-order valence-electron chi connectivity index (χ4n) is 1.73. The summed E-state index contributed by atoms with van der Waals surface area (Å²) in [4.78, 5) is 4.09. The molecule has 0 radical (unpaired) electrons. The molecule has 106 valence electrons. The van der Waals surface area contributed by atoms with E-state index < -0.39 is 11.6 Å². The van der Waals surface area contributed by atoms with Gasteiger partial charge in [-0.2, -0.15) is 0 Å². The first kappa shape index (κ1) is 16.1. The number of hydrogen-bond donors (Lipinski definition) is 2. The maximum atomic E-state index is 13.3. The molecule has 0 spiro atoms. The van der Waals surface area contributed by atoms with Crippen molar-refractivity contribution in [3.8, 4) is 0 Å². The lowest BCUT2D eigenvalue weighted by Gasteiger charge is -2.08. The van der Waals surface area contributed by atoms with Gasteiger partial charge in [-0.3, -0.25) is 4.99 Å². The van der Waals surface area contributed by atoms with Gasteiger partial charge < -0.3 is 15.8 Å². The molecule has 1 heterocycles. The quantitative estimate of drug-likeness (QED) is 0.479. The van der Waals surface area contributed by atoms with Crippen molar-refractivity contribution in [1.82, 2.24) is 0 Å². The number of anilines is 1. The SMILES string of the molecule is I.NC(=NCC1CCOC1)Nc1cc(F)ccc1F. The molecule has 7 heteroatoms. The number of nitrogens with two attached hydrogens (primary N) is 1. The van der Waals surface area contributed by atoms with E-state index in [1.54, 1.807) is 0 Å². The van der Waals surface area contributed by atoms with Crippen molar-refractivity contribution in [3.05, 3.63) is 29.8 Å². The third kappa shape index (κ3) is 4.90. The Kier molecular flexibility index (Phi) is 6.43. The predicted molar refractivity (Wildman–Crippen MR) is 80.8 cm³/mol. The van der Waals surface area contributed by atoms with Gasteiger partial charge in [0.1, 0.15) is 11.6 Å². The summed E-state index contributed by atoms with van der Waals surface area (Å²) in [5, 5.41) is 2.55. The molecule has 3 N–H and O–H groups in total. The zero-order valence-corrected chi connectivity index (χ0v) is 12.6. The number of aliphatic imine (C=N–C) groups is 1. The van der Waals surface area contributed by atoms with Crippen molar-refractivity contribution in [2.45, 2.75) is 6.42 Å². The maximum absolute atomic E-state index is 13.3. The fourth-order valence-corrected chi connectivity index (χ4v) is 1.73. The molecule has 1 saturated heterocycles. The molecule has 0 aliphatic carbocycles. The van der Waals surface area contributed by atoms with Crippen molar-refractivity contribution in [2.75, 3.05) is 25.1 Å². The molecule has 4 nitrogen and oxygen atoms in total. The Morgan fingerprint density at radius 3 is 2.95 bits per heavy atom. The maximum Gasteiger partial charge on any atom is 0.193 e. The van der Waals surface area contributed by atoms with Gasteiger partial charge in [-0.15, -0.1) is 24.0 Å². The van der Waals surface area contributed by atoms with Crippen LogP contribution < -0.4 is 11.1 Å². The van der Waals surface area contributed by atoms with E-state index in [0.717, 1.165) is 31.2 Å². The summed E-state index contributed by atoms with van der Waals surface area (Å²) in [5.74, 6) is -0.677. The van der Waals surface area contributed by atoms with E-state index in [9.17, 15) is 8.78 Å². The second-order valence-electron chi connectivity index (χ2n) is 4.20. The monoisotopic (exact) mass is 383 g/mol. The highest BCUT2D eigenvalue weighted by molar-refractivity contribution is 14.0. The van der Waals surface area contributed by atoms with Gasteiger partial charge >= 0.3 is 0 Å². The topological polar surface area (TPSA) is 59.6 Å². The zero-order chi connectivity index (χ0) is 13.0. The third-order valence-corrected chi connectivity index (χ3v) is 2.73. The minimum Gasteiger partial charge on any atom is -0.381 e. The molecule has 0 aromatic heterocycles. The molecule has 1 aliphatic heterocycles. The highest BCUT2D eigenvalue weighted by Gasteiger charge is 2.15. The van der Waals surface area contributed by atoms with E-state index in [-0.39, 0.29) is 35.6 Å². The van der Waals surface area contributed by atoms with Crippen LogP contribution >= 0.6 is 24.0 Å². The first-order chi connectivity index (χ1) is 8.65. The van der Waals surface area contributed by atoms with Gasteiger partial charge in [-0.1, -0.05) is 0 Å². The van der Waals surface area contributed by atoms with Crippen LogP contribution in [-0.2, 0) is 4.74 Å². The molecule has 2 rings (SSSR count). The Morgan fingerprint density at radius 1 is 1.47 bits per heavy atom. The number of nitrogens with one attached hydrogen (secondary N) is 1. The molecule has 1 aromatic rings. The van der Waals surface area contributed by atoms with E-state index in [1.165, 1.54) is 0 Å². The average Bonchev–Trinajstić information content (AvgIpc) is 2.84. The number of hydrogen-bond acceptors (Lipinski definition) is 2. The van der Waals surface area contributed by atoms with Gasteiger partial charge in [0.05, 0.1) is 12.3 Å². The second kappa shape index (κ2) is 7.59. The molecule has 1 atom stereocenters. The molecule has 0 bridgehead atoms. The summed E-state index contributed by atoms with van der Waals surface area (Å²) in [6.07, 6.45) is 0.950. The Bertz CT molecular complexity index is 451.